The molecule has 0 aromatic carbocycles. The number of hydrogen-bond donors (Lipinski definition) is 1. The number of nitrogens with two attached hydrogens (primary N) is 1. The smallest absolute Gasteiger partial charge is 0.107 e. The normalized spacial score (nSPS) is 14.7. The molecule has 18 heavy (non-hydrogen) atoms. The zero-order valence-corrected chi connectivity index (χ0v) is 13.4. The monoisotopic (exact) mass is 335 g/mol. The molecule has 0 aliphatic carbocycles. The van der Waals surface area contributed by atoms with Gasteiger partial charge in [0.2, 0.25) is 0 Å². The van der Waals surface area contributed by atoms with Gasteiger partial charge >= 0.3 is 0 Å². The molecule has 5 heteroatoms. The molecule has 1 heterocycles. The van der Waals surface area contributed by atoms with E-state index >= 15 is 0 Å². The first-order valence-corrected chi connectivity index (χ1v) is 7.96. The summed E-state index contributed by atoms with van der Waals surface area (Å²) < 4.78 is 12.4. The summed E-state index contributed by atoms with van der Waals surface area (Å²) in [4.78, 5) is 1.16. The molecule has 1 aromatic rings. The fourth-order valence-corrected chi connectivity index (χ4v) is 3.15. The van der Waals surface area contributed by atoms with Gasteiger partial charge in [-0.15, -0.1) is 11.3 Å². The highest BCUT2D eigenvalue weighted by Crippen LogP contribution is 2.30. The van der Waals surface area contributed by atoms with Crippen LogP contribution in [0.2, 0.25) is 0 Å². The molecule has 2 atom stereocenters. The van der Waals surface area contributed by atoms with Crippen molar-refractivity contribution in [2.45, 2.75) is 38.8 Å². The van der Waals surface area contributed by atoms with Crippen LogP contribution in [0.4, 0.5) is 0 Å². The van der Waals surface area contributed by atoms with Crippen LogP contribution < -0.4 is 5.73 Å². The van der Waals surface area contributed by atoms with Crippen LogP contribution in [0.5, 0.6) is 0 Å². The number of hydrogen-bond acceptors (Lipinski definition) is 4. The molecule has 0 spiro atoms. The summed E-state index contributed by atoms with van der Waals surface area (Å²) in [5.41, 5.74) is 5.97. The summed E-state index contributed by atoms with van der Waals surface area (Å²) in [7, 11) is 0. The van der Waals surface area contributed by atoms with Crippen molar-refractivity contribution in [3.05, 3.63) is 20.8 Å². The minimum atomic E-state index is -0.0453. The Hall–Kier alpha value is 0.0600. The largest absolute Gasteiger partial charge is 0.379 e. The number of halogens is 1. The number of ether oxygens (including phenoxy) is 2. The van der Waals surface area contributed by atoms with E-state index in [-0.39, 0.29) is 12.1 Å². The van der Waals surface area contributed by atoms with E-state index in [2.05, 4.69) is 28.9 Å². The van der Waals surface area contributed by atoms with Crippen LogP contribution in [0.3, 0.4) is 0 Å². The van der Waals surface area contributed by atoms with E-state index in [0.29, 0.717) is 13.2 Å². The summed E-state index contributed by atoms with van der Waals surface area (Å²) >= 11 is 5.12. The lowest BCUT2D eigenvalue weighted by Gasteiger charge is -2.20. The van der Waals surface area contributed by atoms with Crippen LogP contribution in [0.25, 0.3) is 0 Å². The Morgan fingerprint density at radius 2 is 2.11 bits per heavy atom. The number of thiophene rings is 1. The third kappa shape index (κ3) is 5.80. The van der Waals surface area contributed by atoms with Crippen LogP contribution >= 0.6 is 27.3 Å². The van der Waals surface area contributed by atoms with Gasteiger partial charge in [-0.2, -0.15) is 0 Å². The molecular weight excluding hydrogens is 314 g/mol. The van der Waals surface area contributed by atoms with Gasteiger partial charge in [-0.05, 0) is 41.4 Å². The summed E-state index contributed by atoms with van der Waals surface area (Å²) in [6.45, 7) is 6.16. The van der Waals surface area contributed by atoms with E-state index in [0.717, 1.165) is 28.1 Å². The van der Waals surface area contributed by atoms with Gasteiger partial charge in [0, 0.05) is 17.5 Å². The van der Waals surface area contributed by atoms with Crippen LogP contribution in [0, 0.1) is 0 Å². The lowest BCUT2D eigenvalue weighted by atomic mass is 10.1. The van der Waals surface area contributed by atoms with Gasteiger partial charge in [-0.1, -0.05) is 13.3 Å². The van der Waals surface area contributed by atoms with E-state index in [4.69, 9.17) is 15.2 Å². The molecule has 0 radical (unpaired) electrons. The van der Waals surface area contributed by atoms with Crippen molar-refractivity contribution in [1.29, 1.82) is 0 Å². The van der Waals surface area contributed by atoms with Crippen molar-refractivity contribution in [3.8, 4) is 0 Å². The van der Waals surface area contributed by atoms with E-state index < -0.39 is 0 Å². The highest BCUT2D eigenvalue weighted by molar-refractivity contribution is 9.11. The molecule has 1 rings (SSSR count). The maximum atomic E-state index is 5.97. The van der Waals surface area contributed by atoms with E-state index in [9.17, 15) is 0 Å². The maximum absolute atomic E-state index is 5.97. The van der Waals surface area contributed by atoms with Crippen molar-refractivity contribution in [3.63, 3.8) is 0 Å². The zero-order valence-electron chi connectivity index (χ0n) is 11.0. The molecule has 0 saturated carbocycles. The Labute approximate surface area is 122 Å². The van der Waals surface area contributed by atoms with Crippen molar-refractivity contribution < 1.29 is 9.47 Å². The predicted molar refractivity (Wildman–Crippen MR) is 80.1 cm³/mol. The molecule has 0 aliphatic rings. The fraction of sp³-hybridized carbons (Fsp3) is 0.692. The second kappa shape index (κ2) is 9.04. The lowest BCUT2D eigenvalue weighted by Crippen LogP contribution is -2.27. The lowest BCUT2D eigenvalue weighted by molar-refractivity contribution is -0.00375. The zero-order chi connectivity index (χ0) is 13.4. The minimum absolute atomic E-state index is 0.0220. The standard InChI is InChI=1S/C13H22BrNO2S/c1-3-4-7-16-8-9-17-13(10(2)15)11-5-6-12(14)18-11/h5-6,10,13H,3-4,7-9,15H2,1-2H3. The average molecular weight is 336 g/mol. The average Bonchev–Trinajstić information content (AvgIpc) is 2.74. The second-order valence-electron chi connectivity index (χ2n) is 4.26. The van der Waals surface area contributed by atoms with Gasteiger partial charge in [0.15, 0.2) is 0 Å². The second-order valence-corrected chi connectivity index (χ2v) is 6.75. The molecule has 0 saturated heterocycles. The van der Waals surface area contributed by atoms with Crippen molar-refractivity contribution in [2.24, 2.45) is 5.73 Å². The van der Waals surface area contributed by atoms with Crippen LogP contribution in [-0.4, -0.2) is 25.9 Å². The molecule has 0 amide bonds. The van der Waals surface area contributed by atoms with E-state index in [1.807, 2.05) is 13.0 Å². The molecule has 2 N–H and O–H groups in total. The number of unbranched alkanes of at least 4 members (excludes halogenated alkanes) is 1. The van der Waals surface area contributed by atoms with Gasteiger partial charge < -0.3 is 15.2 Å². The third-order valence-electron chi connectivity index (χ3n) is 2.52. The summed E-state index contributed by atoms with van der Waals surface area (Å²) in [5, 5.41) is 0. The van der Waals surface area contributed by atoms with Crippen LogP contribution in [-0.2, 0) is 9.47 Å². The Bertz CT molecular complexity index is 331. The van der Waals surface area contributed by atoms with E-state index in [1.165, 1.54) is 0 Å². The highest BCUT2D eigenvalue weighted by Gasteiger charge is 2.18. The SMILES string of the molecule is CCCCOCCOC(c1ccc(Br)s1)C(C)N. The van der Waals surface area contributed by atoms with E-state index in [1.54, 1.807) is 11.3 Å². The van der Waals surface area contributed by atoms with Gasteiger partial charge in [0.25, 0.3) is 0 Å². The Kier molecular flexibility index (Phi) is 8.10. The summed E-state index contributed by atoms with van der Waals surface area (Å²) in [5.74, 6) is 0. The molecule has 3 nitrogen and oxygen atoms in total. The quantitative estimate of drug-likeness (QED) is 0.699. The predicted octanol–water partition coefficient (Wildman–Crippen LogP) is 3.73. The Morgan fingerprint density at radius 3 is 2.67 bits per heavy atom. The molecule has 0 aliphatic heterocycles. The van der Waals surface area contributed by atoms with Gasteiger partial charge in [-0.3, -0.25) is 0 Å². The summed E-state index contributed by atoms with van der Waals surface area (Å²) in [6.07, 6.45) is 2.22. The molecule has 0 fully saturated rings. The molecular formula is C13H22BrNO2S. The molecule has 104 valence electrons. The van der Waals surface area contributed by atoms with Crippen molar-refractivity contribution in [2.75, 3.05) is 19.8 Å². The maximum Gasteiger partial charge on any atom is 0.107 e. The molecule has 0 bridgehead atoms. The topological polar surface area (TPSA) is 44.5 Å². The molecule has 2 unspecified atom stereocenters. The fourth-order valence-electron chi connectivity index (χ4n) is 1.56. The van der Waals surface area contributed by atoms with Gasteiger partial charge in [0.05, 0.1) is 17.0 Å². The van der Waals surface area contributed by atoms with Gasteiger partial charge in [0.1, 0.15) is 6.10 Å². The first kappa shape index (κ1) is 16.1. The van der Waals surface area contributed by atoms with Gasteiger partial charge in [-0.25, -0.2) is 0 Å². The van der Waals surface area contributed by atoms with Crippen LogP contribution in [0.15, 0.2) is 15.9 Å². The van der Waals surface area contributed by atoms with Crippen LogP contribution in [0.1, 0.15) is 37.7 Å². The first-order valence-electron chi connectivity index (χ1n) is 6.35. The Morgan fingerprint density at radius 1 is 1.33 bits per heavy atom. The third-order valence-corrected chi connectivity index (χ3v) is 4.20. The molecule has 1 aromatic heterocycles. The Balaban J connectivity index is 2.31. The van der Waals surface area contributed by atoms with Crippen molar-refractivity contribution >= 4 is 27.3 Å². The van der Waals surface area contributed by atoms with Crippen molar-refractivity contribution in [1.82, 2.24) is 0 Å². The summed E-state index contributed by atoms with van der Waals surface area (Å²) in [6, 6.07) is 4.06. The first-order chi connectivity index (χ1) is 8.65. The number of rotatable bonds is 9. The highest BCUT2D eigenvalue weighted by atomic mass is 79.9. The minimum Gasteiger partial charge on any atom is -0.379 e.